The fourth-order valence-corrected chi connectivity index (χ4v) is 6.05. The van der Waals surface area contributed by atoms with Gasteiger partial charge >= 0.3 is 12.1 Å². The maximum Gasteiger partial charge on any atom is 0.432 e. The molecule has 2 heterocycles. The average Bonchev–Trinajstić information content (AvgIpc) is 2.88. The second-order valence-electron chi connectivity index (χ2n) is 10.6. The van der Waals surface area contributed by atoms with Crippen molar-refractivity contribution in [3.05, 3.63) is 64.7 Å². The molecule has 2 aromatic carbocycles. The molecule has 208 valence electrons. The lowest BCUT2D eigenvalue weighted by atomic mass is 9.78. The van der Waals surface area contributed by atoms with Crippen molar-refractivity contribution >= 4 is 5.97 Å². The minimum atomic E-state index is -5.03. The number of ether oxygens (including phenoxy) is 3. The molecule has 0 aromatic heterocycles. The van der Waals surface area contributed by atoms with Gasteiger partial charge in [0.25, 0.3) is 5.60 Å². The molecular weight excluding hydrogens is 499 g/mol. The molecule has 38 heavy (non-hydrogen) atoms. The van der Waals surface area contributed by atoms with E-state index in [-0.39, 0.29) is 30.0 Å². The van der Waals surface area contributed by atoms with Gasteiger partial charge in [-0.25, -0.2) is 4.79 Å². The molecule has 6 nitrogen and oxygen atoms in total. The van der Waals surface area contributed by atoms with E-state index in [0.717, 1.165) is 31.2 Å². The number of carbonyl (C=O) groups is 1. The van der Waals surface area contributed by atoms with Crippen LogP contribution in [0.5, 0.6) is 5.75 Å². The number of esters is 1. The molecule has 2 aromatic rings. The van der Waals surface area contributed by atoms with Crippen molar-refractivity contribution in [1.29, 1.82) is 0 Å². The van der Waals surface area contributed by atoms with E-state index >= 15 is 0 Å². The minimum absolute atomic E-state index is 0.133. The average molecular weight is 536 g/mol. The third kappa shape index (κ3) is 5.16. The Kier molecular flexibility index (Phi) is 8.40. The summed E-state index contributed by atoms with van der Waals surface area (Å²) in [6.45, 7) is 5.28. The molecule has 1 fully saturated rings. The van der Waals surface area contributed by atoms with E-state index < -0.39 is 23.9 Å². The monoisotopic (exact) mass is 535 g/mol. The first kappa shape index (κ1) is 28.4. The molecule has 9 heteroatoms. The van der Waals surface area contributed by atoms with Gasteiger partial charge in [0.1, 0.15) is 11.9 Å². The number of halogens is 3. The lowest BCUT2D eigenvalue weighted by molar-refractivity contribution is -0.280. The first-order valence-electron chi connectivity index (χ1n) is 13.0. The predicted molar refractivity (Wildman–Crippen MR) is 136 cm³/mol. The highest BCUT2D eigenvalue weighted by Crippen LogP contribution is 2.46. The predicted octanol–water partition coefficient (Wildman–Crippen LogP) is 5.17. The van der Waals surface area contributed by atoms with Crippen molar-refractivity contribution in [2.24, 2.45) is 11.8 Å². The smallest absolute Gasteiger partial charge is 0.432 e. The molecule has 0 radical (unpaired) electrons. The summed E-state index contributed by atoms with van der Waals surface area (Å²) in [5, 5.41) is 9.88. The van der Waals surface area contributed by atoms with E-state index in [2.05, 4.69) is 18.7 Å². The molecule has 1 N–H and O–H groups in total. The number of aliphatic hydroxyl groups excluding tert-OH is 1. The van der Waals surface area contributed by atoms with Gasteiger partial charge in [0.15, 0.2) is 0 Å². The molecule has 2 aliphatic rings. The molecular formula is C29H36F3NO5. The molecule has 4 atom stereocenters. The quantitative estimate of drug-likeness (QED) is 0.471. The fourth-order valence-electron chi connectivity index (χ4n) is 6.05. The van der Waals surface area contributed by atoms with Crippen molar-refractivity contribution in [2.75, 3.05) is 27.3 Å². The fraction of sp³-hybridized carbons (Fsp3) is 0.552. The summed E-state index contributed by atoms with van der Waals surface area (Å²) < 4.78 is 59.8. The topological polar surface area (TPSA) is 68.2 Å². The van der Waals surface area contributed by atoms with E-state index in [4.69, 9.17) is 14.2 Å². The Labute approximate surface area is 221 Å². The molecule has 2 aliphatic heterocycles. The summed E-state index contributed by atoms with van der Waals surface area (Å²) >= 11 is 0. The molecule has 4 rings (SSSR count). The van der Waals surface area contributed by atoms with Crippen LogP contribution in [0.25, 0.3) is 0 Å². The molecule has 0 unspecified atom stereocenters. The van der Waals surface area contributed by atoms with Gasteiger partial charge in [-0.1, -0.05) is 44.2 Å². The largest absolute Gasteiger partial charge is 0.496 e. The number of piperidine rings is 1. The first-order valence-corrected chi connectivity index (χ1v) is 13.0. The SMILES string of the molecule is COc1cc2c(cc1CO)[C@H]1C[C@@H](OC(=O)[C@](OC)(c3ccccc3)C(F)(F)F)[C@@H](CC(C)C)CN1CC2. The Hall–Kier alpha value is -2.62. The lowest BCUT2D eigenvalue weighted by Crippen LogP contribution is -2.55. The highest BCUT2D eigenvalue weighted by atomic mass is 19.4. The normalized spacial score (nSPS) is 23.3. The number of benzene rings is 2. The van der Waals surface area contributed by atoms with Crippen LogP contribution in [-0.2, 0) is 32.9 Å². The third-order valence-corrected chi connectivity index (χ3v) is 7.84. The van der Waals surface area contributed by atoms with Gasteiger partial charge in [-0.05, 0) is 42.0 Å². The molecule has 0 aliphatic carbocycles. The van der Waals surface area contributed by atoms with Gasteiger partial charge in [-0.15, -0.1) is 0 Å². The van der Waals surface area contributed by atoms with Gasteiger partial charge in [0, 0.05) is 49.7 Å². The summed E-state index contributed by atoms with van der Waals surface area (Å²) in [6.07, 6.45) is -3.92. The Morgan fingerprint density at radius 1 is 1.16 bits per heavy atom. The van der Waals surface area contributed by atoms with Crippen molar-refractivity contribution in [2.45, 2.75) is 63.6 Å². The van der Waals surface area contributed by atoms with Crippen LogP contribution in [0.4, 0.5) is 13.2 Å². The van der Waals surface area contributed by atoms with Crippen LogP contribution < -0.4 is 4.74 Å². The number of fused-ring (bicyclic) bond motifs is 3. The molecule has 1 saturated heterocycles. The number of hydrogen-bond donors (Lipinski definition) is 1. The van der Waals surface area contributed by atoms with E-state index in [1.54, 1.807) is 13.2 Å². The third-order valence-electron chi connectivity index (χ3n) is 7.84. The number of nitrogens with zero attached hydrogens (tertiary/aromatic N) is 1. The number of hydrogen-bond acceptors (Lipinski definition) is 6. The standard InChI is InChI=1S/C29H36F3NO5/c1-18(2)12-20-16-33-11-10-19-14-25(36-3)21(17-34)13-23(19)24(33)15-26(20)38-27(35)28(37-4,29(30,31)32)22-8-6-5-7-9-22/h5-9,13-14,18,20,24,26,34H,10-12,15-17H2,1-4H3/t20-,24+,26+,28+/m0/s1. The molecule has 0 saturated carbocycles. The van der Waals surface area contributed by atoms with Gasteiger partial charge in [0.05, 0.1) is 13.7 Å². The zero-order valence-corrected chi connectivity index (χ0v) is 22.3. The number of rotatable bonds is 8. The van der Waals surface area contributed by atoms with Crippen molar-refractivity contribution < 1.29 is 37.3 Å². The molecule has 0 bridgehead atoms. The second kappa shape index (κ2) is 11.2. The van der Waals surface area contributed by atoms with E-state index in [9.17, 15) is 23.1 Å². The zero-order valence-electron chi connectivity index (χ0n) is 22.3. The number of carbonyl (C=O) groups excluding carboxylic acids is 1. The Morgan fingerprint density at radius 3 is 2.45 bits per heavy atom. The van der Waals surface area contributed by atoms with Crippen LogP contribution in [-0.4, -0.2) is 55.6 Å². The second-order valence-corrected chi connectivity index (χ2v) is 10.6. The van der Waals surface area contributed by atoms with E-state index in [1.807, 2.05) is 12.1 Å². The van der Waals surface area contributed by atoms with Crippen LogP contribution in [0.3, 0.4) is 0 Å². The van der Waals surface area contributed by atoms with Crippen LogP contribution in [0, 0.1) is 11.8 Å². The number of aliphatic hydroxyl groups is 1. The Balaban J connectivity index is 1.70. The summed E-state index contributed by atoms with van der Waals surface area (Å²) in [5.41, 5.74) is -0.845. The van der Waals surface area contributed by atoms with Crippen molar-refractivity contribution in [3.63, 3.8) is 0 Å². The number of methoxy groups -OCH3 is 2. The summed E-state index contributed by atoms with van der Waals surface area (Å²) in [4.78, 5) is 15.8. The summed E-state index contributed by atoms with van der Waals surface area (Å²) in [6, 6.07) is 10.6. The van der Waals surface area contributed by atoms with E-state index in [0.29, 0.717) is 30.7 Å². The van der Waals surface area contributed by atoms with Crippen LogP contribution in [0.1, 0.15) is 55.0 Å². The highest BCUT2D eigenvalue weighted by Gasteiger charge is 2.64. The highest BCUT2D eigenvalue weighted by molar-refractivity contribution is 5.83. The van der Waals surface area contributed by atoms with Gasteiger partial charge in [-0.2, -0.15) is 13.2 Å². The first-order chi connectivity index (χ1) is 18.0. The van der Waals surface area contributed by atoms with Crippen molar-refractivity contribution in [3.8, 4) is 5.75 Å². The van der Waals surface area contributed by atoms with Crippen LogP contribution in [0.15, 0.2) is 42.5 Å². The van der Waals surface area contributed by atoms with Gasteiger partial charge in [-0.3, -0.25) is 4.90 Å². The zero-order chi connectivity index (χ0) is 27.7. The lowest BCUT2D eigenvalue weighted by Gasteiger charge is -2.48. The van der Waals surface area contributed by atoms with Gasteiger partial charge in [0.2, 0.25) is 0 Å². The minimum Gasteiger partial charge on any atom is -0.496 e. The summed E-state index contributed by atoms with van der Waals surface area (Å²) in [5.74, 6) is -0.711. The van der Waals surface area contributed by atoms with Crippen LogP contribution in [0.2, 0.25) is 0 Å². The molecule has 0 spiro atoms. The maximum absolute atomic E-state index is 14.5. The number of alkyl halides is 3. The van der Waals surface area contributed by atoms with Crippen molar-refractivity contribution in [1.82, 2.24) is 4.90 Å². The Bertz CT molecular complexity index is 1120. The Morgan fingerprint density at radius 2 is 1.87 bits per heavy atom. The van der Waals surface area contributed by atoms with Crippen LogP contribution >= 0.6 is 0 Å². The van der Waals surface area contributed by atoms with E-state index in [1.165, 1.54) is 24.3 Å². The summed E-state index contributed by atoms with van der Waals surface area (Å²) in [7, 11) is 2.44. The maximum atomic E-state index is 14.5. The van der Waals surface area contributed by atoms with Gasteiger partial charge < -0.3 is 19.3 Å². The molecule has 0 amide bonds.